The summed E-state index contributed by atoms with van der Waals surface area (Å²) in [6.45, 7) is 1.23. The number of ether oxygens (including phenoxy) is 1. The lowest BCUT2D eigenvalue weighted by Gasteiger charge is -2.54. The first kappa shape index (κ1) is 25.6. The van der Waals surface area contributed by atoms with Crippen LogP contribution < -0.4 is 10.1 Å². The minimum absolute atomic E-state index is 0.0208. The fourth-order valence-electron chi connectivity index (χ4n) is 5.23. The number of aromatic hydroxyl groups is 1. The van der Waals surface area contributed by atoms with E-state index < -0.39 is 11.7 Å². The Bertz CT molecular complexity index is 1300. The van der Waals surface area contributed by atoms with Crippen LogP contribution in [-0.2, 0) is 6.18 Å². The first-order valence-corrected chi connectivity index (χ1v) is 12.5. The van der Waals surface area contributed by atoms with E-state index in [0.717, 1.165) is 37.8 Å². The number of carbonyl (C=O) groups excluding carboxylic acids is 2. The second kappa shape index (κ2) is 10.0. The summed E-state index contributed by atoms with van der Waals surface area (Å²) in [5.74, 6) is 0.540. The number of amides is 2. The fraction of sp³-hybridized carbons (Fsp3) is 0.310. The predicted octanol–water partition coefficient (Wildman–Crippen LogP) is 6.02. The minimum atomic E-state index is -4.41. The van der Waals surface area contributed by atoms with Crippen LogP contribution in [0.15, 0.2) is 72.8 Å². The molecule has 1 saturated carbocycles. The maximum absolute atomic E-state index is 12.9. The van der Waals surface area contributed by atoms with Crippen molar-refractivity contribution in [2.24, 2.45) is 5.41 Å². The van der Waals surface area contributed by atoms with Crippen molar-refractivity contribution in [2.75, 3.05) is 13.1 Å². The van der Waals surface area contributed by atoms with Gasteiger partial charge in [0.1, 0.15) is 17.2 Å². The van der Waals surface area contributed by atoms with Crippen LogP contribution in [0.4, 0.5) is 13.2 Å². The first-order valence-electron chi connectivity index (χ1n) is 12.5. The molecule has 5 rings (SSSR count). The average molecular weight is 525 g/mol. The molecular formula is C29H27F3N2O4. The van der Waals surface area contributed by atoms with Crippen molar-refractivity contribution in [1.82, 2.24) is 10.2 Å². The van der Waals surface area contributed by atoms with Crippen LogP contribution in [0.3, 0.4) is 0 Å². The Hall–Kier alpha value is -4.01. The highest BCUT2D eigenvalue weighted by Gasteiger charge is 2.49. The van der Waals surface area contributed by atoms with Crippen molar-refractivity contribution in [3.8, 4) is 17.2 Å². The van der Waals surface area contributed by atoms with Gasteiger partial charge in [0, 0.05) is 30.3 Å². The first-order chi connectivity index (χ1) is 18.1. The molecule has 1 aliphatic carbocycles. The highest BCUT2D eigenvalue weighted by atomic mass is 19.4. The largest absolute Gasteiger partial charge is 0.508 e. The number of alkyl halides is 3. The molecule has 38 heavy (non-hydrogen) atoms. The number of phenols is 1. The van der Waals surface area contributed by atoms with Gasteiger partial charge in [-0.2, -0.15) is 13.2 Å². The van der Waals surface area contributed by atoms with E-state index in [1.807, 2.05) is 4.90 Å². The number of rotatable bonds is 5. The monoisotopic (exact) mass is 524 g/mol. The number of halogens is 3. The van der Waals surface area contributed by atoms with Crippen LogP contribution in [0.25, 0.3) is 0 Å². The van der Waals surface area contributed by atoms with Crippen LogP contribution in [0.5, 0.6) is 17.2 Å². The van der Waals surface area contributed by atoms with E-state index >= 15 is 0 Å². The van der Waals surface area contributed by atoms with E-state index in [4.69, 9.17) is 4.74 Å². The standard InChI is InChI=1S/C29H27F3N2O4/c30-29(31,32)21-5-11-24(12-6-21)38-23-9-3-19(4-10-23)26(36)33-25-13-14-28(25)15-17-34(18-16-28)27(37)20-1-7-22(35)8-2-20/h1-12,25,35H,13-18H2,(H,33,36). The number of nitrogens with one attached hydrogen (secondary N) is 1. The Morgan fingerprint density at radius 2 is 1.39 bits per heavy atom. The van der Waals surface area contributed by atoms with Gasteiger partial charge in [-0.3, -0.25) is 9.59 Å². The molecule has 3 aromatic carbocycles. The molecule has 2 aliphatic rings. The summed E-state index contributed by atoms with van der Waals surface area (Å²) in [6, 6.07) is 17.2. The maximum Gasteiger partial charge on any atom is 0.416 e. The zero-order valence-electron chi connectivity index (χ0n) is 20.5. The van der Waals surface area contributed by atoms with Gasteiger partial charge in [-0.05, 0) is 104 Å². The summed E-state index contributed by atoms with van der Waals surface area (Å²) >= 11 is 0. The number of likely N-dealkylation sites (tertiary alicyclic amines) is 1. The van der Waals surface area contributed by atoms with Gasteiger partial charge in [-0.15, -0.1) is 0 Å². The molecule has 198 valence electrons. The van der Waals surface area contributed by atoms with Crippen LogP contribution in [0.2, 0.25) is 0 Å². The van der Waals surface area contributed by atoms with E-state index in [0.29, 0.717) is 30.0 Å². The van der Waals surface area contributed by atoms with Crippen molar-refractivity contribution in [2.45, 2.75) is 37.9 Å². The van der Waals surface area contributed by atoms with E-state index in [-0.39, 0.29) is 34.8 Å². The van der Waals surface area contributed by atoms with Crippen LogP contribution in [0.1, 0.15) is 52.0 Å². The second-order valence-corrected chi connectivity index (χ2v) is 9.91. The Labute approximate surface area is 218 Å². The van der Waals surface area contributed by atoms with E-state index in [1.165, 1.54) is 24.3 Å². The van der Waals surface area contributed by atoms with E-state index in [9.17, 15) is 27.9 Å². The second-order valence-electron chi connectivity index (χ2n) is 9.91. The minimum Gasteiger partial charge on any atom is -0.508 e. The Morgan fingerprint density at radius 1 is 0.842 bits per heavy atom. The molecule has 1 aliphatic heterocycles. The number of piperidine rings is 1. The van der Waals surface area contributed by atoms with Gasteiger partial charge in [0.15, 0.2) is 0 Å². The lowest BCUT2D eigenvalue weighted by molar-refractivity contribution is -0.137. The number of nitrogens with zero attached hydrogens (tertiary/aromatic N) is 1. The molecule has 2 fully saturated rings. The smallest absolute Gasteiger partial charge is 0.416 e. The SMILES string of the molecule is O=C(NC1CCC12CCN(C(=O)c1ccc(O)cc1)CC2)c1ccc(Oc2ccc(C(F)(F)F)cc2)cc1. The summed E-state index contributed by atoms with van der Waals surface area (Å²) in [5, 5.41) is 12.6. The van der Waals surface area contributed by atoms with Gasteiger partial charge in [0.2, 0.25) is 0 Å². The van der Waals surface area contributed by atoms with Crippen molar-refractivity contribution < 1.29 is 32.6 Å². The highest BCUT2D eigenvalue weighted by molar-refractivity contribution is 5.95. The number of hydrogen-bond donors (Lipinski definition) is 2. The molecule has 1 saturated heterocycles. The number of benzene rings is 3. The Kier molecular flexibility index (Phi) is 6.77. The lowest BCUT2D eigenvalue weighted by atomic mass is 9.59. The summed E-state index contributed by atoms with van der Waals surface area (Å²) in [5.41, 5.74) is 0.238. The molecule has 1 spiro atoms. The van der Waals surface area contributed by atoms with Gasteiger partial charge in [0.25, 0.3) is 11.8 Å². The molecular weight excluding hydrogens is 497 g/mol. The summed E-state index contributed by atoms with van der Waals surface area (Å²) in [7, 11) is 0. The molecule has 0 radical (unpaired) electrons. The third-order valence-electron chi connectivity index (χ3n) is 7.67. The fourth-order valence-corrected chi connectivity index (χ4v) is 5.23. The third-order valence-corrected chi connectivity index (χ3v) is 7.67. The normalized spacial score (nSPS) is 18.5. The zero-order valence-corrected chi connectivity index (χ0v) is 20.5. The van der Waals surface area contributed by atoms with E-state index in [2.05, 4.69) is 5.32 Å². The summed E-state index contributed by atoms with van der Waals surface area (Å²) in [4.78, 5) is 27.5. The van der Waals surface area contributed by atoms with Gasteiger partial charge in [-0.25, -0.2) is 0 Å². The topological polar surface area (TPSA) is 78.9 Å². The van der Waals surface area contributed by atoms with Gasteiger partial charge in [0.05, 0.1) is 5.56 Å². The maximum atomic E-state index is 12.9. The van der Waals surface area contributed by atoms with Crippen LogP contribution in [0, 0.1) is 5.41 Å². The Balaban J connectivity index is 1.14. The van der Waals surface area contributed by atoms with Gasteiger partial charge in [-0.1, -0.05) is 0 Å². The molecule has 0 bridgehead atoms. The third kappa shape index (κ3) is 5.32. The van der Waals surface area contributed by atoms with Crippen molar-refractivity contribution in [3.05, 3.63) is 89.5 Å². The molecule has 1 unspecified atom stereocenters. The quantitative estimate of drug-likeness (QED) is 0.428. The zero-order chi connectivity index (χ0) is 26.9. The number of carbonyl (C=O) groups is 2. The highest BCUT2D eigenvalue weighted by Crippen LogP contribution is 2.49. The number of phenolic OH excluding ortho intramolecular Hbond substituents is 1. The summed E-state index contributed by atoms with van der Waals surface area (Å²) < 4.78 is 43.8. The molecule has 6 nitrogen and oxygen atoms in total. The molecule has 9 heteroatoms. The van der Waals surface area contributed by atoms with Crippen LogP contribution in [-0.4, -0.2) is 41.0 Å². The predicted molar refractivity (Wildman–Crippen MR) is 134 cm³/mol. The van der Waals surface area contributed by atoms with Crippen molar-refractivity contribution >= 4 is 11.8 Å². The van der Waals surface area contributed by atoms with Crippen molar-refractivity contribution in [1.29, 1.82) is 0 Å². The molecule has 0 aromatic heterocycles. The number of hydrogen-bond acceptors (Lipinski definition) is 4. The Morgan fingerprint density at radius 3 is 1.92 bits per heavy atom. The van der Waals surface area contributed by atoms with Crippen LogP contribution >= 0.6 is 0 Å². The molecule has 2 amide bonds. The lowest BCUT2D eigenvalue weighted by Crippen LogP contribution is -2.59. The van der Waals surface area contributed by atoms with Gasteiger partial charge < -0.3 is 20.1 Å². The molecule has 3 aromatic rings. The van der Waals surface area contributed by atoms with Crippen molar-refractivity contribution in [3.63, 3.8) is 0 Å². The molecule has 1 atom stereocenters. The molecule has 2 N–H and O–H groups in total. The van der Waals surface area contributed by atoms with Gasteiger partial charge >= 0.3 is 6.18 Å². The average Bonchev–Trinajstić information content (AvgIpc) is 2.91. The van der Waals surface area contributed by atoms with E-state index in [1.54, 1.807) is 36.4 Å². The molecule has 1 heterocycles. The summed E-state index contributed by atoms with van der Waals surface area (Å²) in [6.07, 6.45) is -0.913.